The third-order valence-corrected chi connectivity index (χ3v) is 7.33. The Morgan fingerprint density at radius 1 is 1.20 bits per heavy atom. The highest BCUT2D eigenvalue weighted by Gasteiger charge is 2.59. The van der Waals surface area contributed by atoms with Gasteiger partial charge in [-0.15, -0.1) is 0 Å². The predicted molar refractivity (Wildman–Crippen MR) is 112 cm³/mol. The third kappa shape index (κ3) is 3.20. The van der Waals surface area contributed by atoms with Crippen LogP contribution in [0.3, 0.4) is 0 Å². The summed E-state index contributed by atoms with van der Waals surface area (Å²) < 4.78 is 14.7. The van der Waals surface area contributed by atoms with Crippen molar-refractivity contribution < 1.29 is 9.18 Å². The highest BCUT2D eigenvalue weighted by atomic mass is 35.5. The van der Waals surface area contributed by atoms with E-state index in [1.165, 1.54) is 12.1 Å². The molecule has 1 heterocycles. The Balaban J connectivity index is 1.50. The molecule has 0 spiro atoms. The molecule has 0 saturated heterocycles. The number of hydrogen-bond donors (Lipinski definition) is 2. The zero-order chi connectivity index (χ0) is 21.1. The van der Waals surface area contributed by atoms with E-state index in [0.717, 1.165) is 32.1 Å². The molecule has 0 aliphatic heterocycles. The van der Waals surface area contributed by atoms with Gasteiger partial charge in [0, 0.05) is 18.2 Å². The Morgan fingerprint density at radius 3 is 2.50 bits per heavy atom. The second-order valence-corrected chi connectivity index (χ2v) is 9.75. The number of amides is 1. The van der Waals surface area contributed by atoms with Crippen LogP contribution in [0.25, 0.3) is 0 Å². The number of nitrogens with zero attached hydrogens (tertiary/aromatic N) is 2. The molecule has 4 bridgehead atoms. The first kappa shape index (κ1) is 19.5. The summed E-state index contributed by atoms with van der Waals surface area (Å²) in [5.41, 5.74) is 0.0159. The van der Waals surface area contributed by atoms with Crippen LogP contribution >= 0.6 is 11.6 Å². The molecule has 2 aromatic rings. The van der Waals surface area contributed by atoms with E-state index in [1.807, 2.05) is 0 Å². The molecular weight excluding hydrogens is 407 g/mol. The molecule has 4 fully saturated rings. The zero-order valence-corrected chi connectivity index (χ0v) is 17.5. The quantitative estimate of drug-likeness (QED) is 0.769. The number of halogens is 2. The smallest absolute Gasteiger partial charge is 0.288 e. The molecule has 4 atom stereocenters. The minimum Gasteiger partial charge on any atom is -0.353 e. The number of hydrogen-bond acceptors (Lipinski definition) is 4. The summed E-state index contributed by atoms with van der Waals surface area (Å²) in [6, 6.07) is 5.82. The summed E-state index contributed by atoms with van der Waals surface area (Å²) in [5.74, 6) is 0.588. The van der Waals surface area contributed by atoms with Crippen LogP contribution in [-0.4, -0.2) is 21.2 Å². The Labute approximate surface area is 178 Å². The molecule has 4 aliphatic rings. The van der Waals surface area contributed by atoms with Crippen LogP contribution in [0.15, 0.2) is 35.3 Å². The zero-order valence-electron chi connectivity index (χ0n) is 16.8. The maximum absolute atomic E-state index is 13.3. The Kier molecular flexibility index (Phi) is 4.43. The van der Waals surface area contributed by atoms with Gasteiger partial charge in [-0.25, -0.2) is 9.07 Å². The van der Waals surface area contributed by atoms with Crippen molar-refractivity contribution in [2.75, 3.05) is 5.32 Å². The van der Waals surface area contributed by atoms with Crippen LogP contribution in [0.1, 0.15) is 45.4 Å². The van der Waals surface area contributed by atoms with E-state index in [1.54, 1.807) is 29.9 Å². The predicted octanol–water partition coefficient (Wildman–Crippen LogP) is 3.96. The fraction of sp³-hybridized carbons (Fsp3) is 0.500. The van der Waals surface area contributed by atoms with Gasteiger partial charge in [-0.05, 0) is 74.6 Å². The number of carbonyl (C=O) groups is 1. The first-order chi connectivity index (χ1) is 14.3. The van der Waals surface area contributed by atoms with Gasteiger partial charge in [-0.3, -0.25) is 9.59 Å². The molecule has 4 aliphatic carbocycles. The number of anilines is 2. The summed E-state index contributed by atoms with van der Waals surface area (Å²) >= 11 is 6.46. The second-order valence-electron chi connectivity index (χ2n) is 9.37. The van der Waals surface area contributed by atoms with Gasteiger partial charge in [0.15, 0.2) is 0 Å². The van der Waals surface area contributed by atoms with Crippen molar-refractivity contribution in [3.8, 4) is 0 Å². The van der Waals surface area contributed by atoms with Crippen molar-refractivity contribution >= 4 is 28.9 Å². The van der Waals surface area contributed by atoms with Gasteiger partial charge < -0.3 is 10.6 Å². The third-order valence-electron chi connectivity index (χ3n) is 6.96. The molecule has 4 saturated carbocycles. The lowest BCUT2D eigenvalue weighted by Crippen LogP contribution is -2.67. The lowest BCUT2D eigenvalue weighted by atomic mass is 9.50. The van der Waals surface area contributed by atoms with Gasteiger partial charge in [-0.2, -0.15) is 5.10 Å². The number of rotatable bonds is 4. The van der Waals surface area contributed by atoms with Gasteiger partial charge in [0.1, 0.15) is 10.8 Å². The van der Waals surface area contributed by atoms with E-state index in [-0.39, 0.29) is 27.8 Å². The van der Waals surface area contributed by atoms with Crippen LogP contribution < -0.4 is 16.2 Å². The Hall–Kier alpha value is -2.41. The van der Waals surface area contributed by atoms with Gasteiger partial charge in [0.25, 0.3) is 5.56 Å². The first-order valence-corrected chi connectivity index (χ1v) is 10.8. The van der Waals surface area contributed by atoms with E-state index >= 15 is 0 Å². The summed E-state index contributed by atoms with van der Waals surface area (Å²) in [6.45, 7) is 1.56. The van der Waals surface area contributed by atoms with Crippen molar-refractivity contribution in [2.45, 2.75) is 56.5 Å². The molecule has 8 heteroatoms. The number of nitrogens with one attached hydrogen (secondary N) is 2. The van der Waals surface area contributed by atoms with Crippen molar-refractivity contribution in [1.29, 1.82) is 0 Å². The van der Waals surface area contributed by atoms with Gasteiger partial charge in [-0.1, -0.05) is 11.6 Å². The highest BCUT2D eigenvalue weighted by molar-refractivity contribution is 6.33. The second kappa shape index (κ2) is 6.80. The minimum atomic E-state index is -0.415. The summed E-state index contributed by atoms with van der Waals surface area (Å²) in [5, 5.41) is 10.8. The summed E-state index contributed by atoms with van der Waals surface area (Å²) in [6.07, 6.45) is 7.14. The lowest BCUT2D eigenvalue weighted by Gasteiger charge is -2.61. The first-order valence-electron chi connectivity index (χ1n) is 10.4. The molecule has 2 unspecified atom stereocenters. The average molecular weight is 431 g/mol. The lowest BCUT2D eigenvalue weighted by molar-refractivity contribution is -0.128. The molecular formula is C22H24ClFN4O2. The van der Waals surface area contributed by atoms with Crippen molar-refractivity contribution in [3.05, 3.63) is 51.7 Å². The average Bonchev–Trinajstić information content (AvgIpc) is 2.65. The Morgan fingerprint density at radius 2 is 1.87 bits per heavy atom. The van der Waals surface area contributed by atoms with Crippen molar-refractivity contribution in [3.63, 3.8) is 0 Å². The molecule has 6 nitrogen and oxygen atoms in total. The SMILES string of the molecule is CC(=O)NC12C[C@H]3C[C@@H](C1)CC(n1ncc(Nc4ccc(F)cc4)c(Cl)c1=O)(C3)C2. The van der Waals surface area contributed by atoms with Gasteiger partial charge >= 0.3 is 0 Å². The van der Waals surface area contributed by atoms with Crippen LogP contribution in [0.2, 0.25) is 5.02 Å². The maximum atomic E-state index is 13.3. The molecule has 158 valence electrons. The maximum Gasteiger partial charge on any atom is 0.288 e. The van der Waals surface area contributed by atoms with Crippen molar-refractivity contribution in [1.82, 2.24) is 15.1 Å². The molecule has 0 radical (unpaired) electrons. The highest BCUT2D eigenvalue weighted by Crippen LogP contribution is 2.60. The fourth-order valence-corrected chi connectivity index (χ4v) is 6.70. The number of carbonyl (C=O) groups excluding carboxylic acids is 1. The van der Waals surface area contributed by atoms with Crippen molar-refractivity contribution in [2.24, 2.45) is 11.8 Å². The number of aromatic nitrogens is 2. The Bertz CT molecular complexity index is 1050. The molecule has 1 aromatic carbocycles. The fourth-order valence-electron chi connectivity index (χ4n) is 6.53. The van der Waals surface area contributed by atoms with Gasteiger partial charge in [0.05, 0.1) is 17.4 Å². The van der Waals surface area contributed by atoms with Crippen LogP contribution in [0, 0.1) is 17.7 Å². The van der Waals surface area contributed by atoms with E-state index in [4.69, 9.17) is 11.6 Å². The molecule has 6 rings (SSSR count). The standard InChI is InChI=1S/C22H24ClFN4O2/c1-13(29)27-21-7-14-6-15(8-21)10-22(9-14,12-21)28-20(30)19(23)18(11-25-28)26-17-4-2-16(24)3-5-17/h2-5,11,14-15,26H,6-10,12H2,1H3,(H,27,29)/t14-,15+,21?,22?. The normalized spacial score (nSPS) is 31.6. The molecule has 30 heavy (non-hydrogen) atoms. The van der Waals surface area contributed by atoms with E-state index in [0.29, 0.717) is 29.6 Å². The molecule has 1 amide bonds. The minimum absolute atomic E-state index is 0.0238. The van der Waals surface area contributed by atoms with E-state index < -0.39 is 5.54 Å². The number of benzene rings is 1. The molecule has 1 aromatic heterocycles. The topological polar surface area (TPSA) is 76.0 Å². The largest absolute Gasteiger partial charge is 0.353 e. The van der Waals surface area contributed by atoms with Gasteiger partial charge in [0.2, 0.25) is 5.91 Å². The monoisotopic (exact) mass is 430 g/mol. The summed E-state index contributed by atoms with van der Waals surface area (Å²) in [4.78, 5) is 25.1. The van der Waals surface area contributed by atoms with E-state index in [9.17, 15) is 14.0 Å². The van der Waals surface area contributed by atoms with E-state index in [2.05, 4.69) is 15.7 Å². The van der Waals surface area contributed by atoms with Crippen LogP contribution in [-0.2, 0) is 10.3 Å². The molecule has 2 N–H and O–H groups in total. The van der Waals surface area contributed by atoms with Crippen LogP contribution in [0.4, 0.5) is 15.8 Å². The summed E-state index contributed by atoms with van der Waals surface area (Å²) in [7, 11) is 0. The van der Waals surface area contributed by atoms with Crippen LogP contribution in [0.5, 0.6) is 0 Å².